The van der Waals surface area contributed by atoms with Crippen LogP contribution in [0, 0.1) is 0 Å². The molecule has 0 aromatic heterocycles. The highest BCUT2D eigenvalue weighted by Crippen LogP contribution is 2.30. The minimum atomic E-state index is 0.943. The molecule has 1 aromatic rings. The van der Waals surface area contributed by atoms with Crippen molar-refractivity contribution in [2.75, 3.05) is 0 Å². The zero-order chi connectivity index (χ0) is 11.4. The van der Waals surface area contributed by atoms with Gasteiger partial charge in [0.25, 0.3) is 0 Å². The van der Waals surface area contributed by atoms with Gasteiger partial charge in [-0.05, 0) is 42.8 Å². The minimum Gasteiger partial charge on any atom is -0.144 e. The number of benzene rings is 1. The summed E-state index contributed by atoms with van der Waals surface area (Å²) in [5.74, 6) is 0. The Balaban J connectivity index is 2.08. The molecule has 0 atom stereocenters. The maximum atomic E-state index is 4.33. The molecular formula is C13H12S3. The number of thioether (sulfide) groups is 1. The van der Waals surface area contributed by atoms with Crippen LogP contribution in [0.3, 0.4) is 0 Å². The van der Waals surface area contributed by atoms with Crippen LogP contribution < -0.4 is 0 Å². The topological polar surface area (TPSA) is 0 Å². The standard InChI is InChI=1S/C13H12S3/c14-10-2-1-3-12(7-4-10)16-13-8-5-11(15)6-9-13/h2-9,14-15H,1H2. The number of hydrogen-bond donors (Lipinski definition) is 2. The van der Waals surface area contributed by atoms with Crippen molar-refractivity contribution in [2.45, 2.75) is 16.2 Å². The Kier molecular flexibility index (Phi) is 4.27. The third-order valence-electron chi connectivity index (χ3n) is 2.14. The van der Waals surface area contributed by atoms with Gasteiger partial charge in [-0.15, -0.1) is 25.3 Å². The lowest BCUT2D eigenvalue weighted by Gasteiger charge is -2.01. The Labute approximate surface area is 111 Å². The average Bonchev–Trinajstić information content (AvgIpc) is 2.47. The van der Waals surface area contributed by atoms with E-state index in [1.807, 2.05) is 18.2 Å². The Morgan fingerprint density at radius 2 is 1.69 bits per heavy atom. The van der Waals surface area contributed by atoms with Crippen molar-refractivity contribution in [1.82, 2.24) is 0 Å². The molecule has 0 aliphatic heterocycles. The van der Waals surface area contributed by atoms with Gasteiger partial charge in [0.05, 0.1) is 0 Å². The maximum Gasteiger partial charge on any atom is 0.0123 e. The molecule has 82 valence electrons. The first kappa shape index (κ1) is 12.0. The van der Waals surface area contributed by atoms with Crippen molar-refractivity contribution >= 4 is 37.0 Å². The molecule has 1 aliphatic carbocycles. The van der Waals surface area contributed by atoms with Gasteiger partial charge in [-0.1, -0.05) is 23.9 Å². The van der Waals surface area contributed by atoms with Gasteiger partial charge in [0.15, 0.2) is 0 Å². The Morgan fingerprint density at radius 1 is 0.938 bits per heavy atom. The van der Waals surface area contributed by atoms with Gasteiger partial charge in [0.1, 0.15) is 0 Å². The molecule has 1 aromatic carbocycles. The summed E-state index contributed by atoms with van der Waals surface area (Å²) in [5, 5.41) is 0. The van der Waals surface area contributed by atoms with Crippen LogP contribution in [0.2, 0.25) is 0 Å². The first-order valence-corrected chi connectivity index (χ1v) is 6.69. The minimum absolute atomic E-state index is 0.943. The van der Waals surface area contributed by atoms with Gasteiger partial charge in [-0.3, -0.25) is 0 Å². The van der Waals surface area contributed by atoms with E-state index in [4.69, 9.17) is 0 Å². The zero-order valence-electron chi connectivity index (χ0n) is 8.63. The molecule has 0 saturated carbocycles. The summed E-state index contributed by atoms with van der Waals surface area (Å²) < 4.78 is 0. The predicted octanol–water partition coefficient (Wildman–Crippen LogP) is 4.72. The first-order valence-electron chi connectivity index (χ1n) is 4.98. The first-order chi connectivity index (χ1) is 7.74. The van der Waals surface area contributed by atoms with Gasteiger partial charge in [0, 0.05) is 19.6 Å². The van der Waals surface area contributed by atoms with Gasteiger partial charge in [-0.25, -0.2) is 0 Å². The van der Waals surface area contributed by atoms with E-state index >= 15 is 0 Å². The summed E-state index contributed by atoms with van der Waals surface area (Å²) in [5.41, 5.74) is 0. The second-order valence-electron chi connectivity index (χ2n) is 3.40. The molecule has 0 heterocycles. The quantitative estimate of drug-likeness (QED) is 0.729. The Morgan fingerprint density at radius 3 is 2.44 bits per heavy atom. The molecular weight excluding hydrogens is 252 g/mol. The molecule has 0 amide bonds. The van der Waals surface area contributed by atoms with Crippen LogP contribution in [0.15, 0.2) is 68.2 Å². The largest absolute Gasteiger partial charge is 0.144 e. The molecule has 0 fully saturated rings. The maximum absolute atomic E-state index is 4.33. The van der Waals surface area contributed by atoms with Crippen LogP contribution in [0.25, 0.3) is 0 Å². The average molecular weight is 264 g/mol. The smallest absolute Gasteiger partial charge is 0.0123 e. The SMILES string of the molecule is SC1=CCC=C(Sc2ccc(S)cc2)C=C1. The summed E-state index contributed by atoms with van der Waals surface area (Å²) >= 11 is 10.4. The molecule has 0 bridgehead atoms. The summed E-state index contributed by atoms with van der Waals surface area (Å²) in [6.07, 6.45) is 9.38. The molecule has 0 saturated heterocycles. The van der Waals surface area contributed by atoms with Crippen molar-refractivity contribution in [3.8, 4) is 0 Å². The highest BCUT2D eigenvalue weighted by atomic mass is 32.2. The van der Waals surface area contributed by atoms with E-state index in [1.54, 1.807) is 11.8 Å². The molecule has 0 spiro atoms. The van der Waals surface area contributed by atoms with Crippen LogP contribution >= 0.6 is 37.0 Å². The van der Waals surface area contributed by atoms with Gasteiger partial charge < -0.3 is 0 Å². The zero-order valence-corrected chi connectivity index (χ0v) is 11.2. The number of rotatable bonds is 2. The molecule has 0 radical (unpaired) electrons. The van der Waals surface area contributed by atoms with Gasteiger partial charge in [0.2, 0.25) is 0 Å². The summed E-state index contributed by atoms with van der Waals surface area (Å²) in [6.45, 7) is 0. The summed E-state index contributed by atoms with van der Waals surface area (Å²) in [4.78, 5) is 4.51. The van der Waals surface area contributed by atoms with E-state index in [0.29, 0.717) is 0 Å². The van der Waals surface area contributed by atoms with Crippen molar-refractivity contribution in [2.24, 2.45) is 0 Å². The van der Waals surface area contributed by atoms with Crippen molar-refractivity contribution < 1.29 is 0 Å². The van der Waals surface area contributed by atoms with Crippen LogP contribution in [-0.4, -0.2) is 0 Å². The molecule has 2 rings (SSSR count). The van der Waals surface area contributed by atoms with Gasteiger partial charge in [-0.2, -0.15) is 0 Å². The van der Waals surface area contributed by atoms with E-state index in [1.165, 1.54) is 9.80 Å². The third kappa shape index (κ3) is 3.51. The highest BCUT2D eigenvalue weighted by Gasteiger charge is 1.99. The lowest BCUT2D eigenvalue weighted by Crippen LogP contribution is -1.73. The Hall–Kier alpha value is -0.510. The van der Waals surface area contributed by atoms with Crippen molar-refractivity contribution in [3.63, 3.8) is 0 Å². The van der Waals surface area contributed by atoms with Crippen molar-refractivity contribution in [3.05, 3.63) is 58.4 Å². The summed E-state index contributed by atoms with van der Waals surface area (Å²) in [6, 6.07) is 8.19. The third-order valence-corrected chi connectivity index (χ3v) is 3.81. The molecule has 0 nitrogen and oxygen atoms in total. The van der Waals surface area contributed by atoms with E-state index in [0.717, 1.165) is 16.2 Å². The van der Waals surface area contributed by atoms with Gasteiger partial charge >= 0.3 is 0 Å². The van der Waals surface area contributed by atoms with Crippen LogP contribution in [0.5, 0.6) is 0 Å². The van der Waals surface area contributed by atoms with Crippen molar-refractivity contribution in [1.29, 1.82) is 0 Å². The molecule has 16 heavy (non-hydrogen) atoms. The predicted molar refractivity (Wildman–Crippen MR) is 78.5 cm³/mol. The van der Waals surface area contributed by atoms with Crippen LogP contribution in [0.1, 0.15) is 6.42 Å². The number of hydrogen-bond acceptors (Lipinski definition) is 3. The fourth-order valence-electron chi connectivity index (χ4n) is 1.33. The number of allylic oxidation sites excluding steroid dienone is 4. The molecule has 0 N–H and O–H groups in total. The molecule has 1 aliphatic rings. The van der Waals surface area contributed by atoms with E-state index in [-0.39, 0.29) is 0 Å². The van der Waals surface area contributed by atoms with E-state index < -0.39 is 0 Å². The van der Waals surface area contributed by atoms with Crippen LogP contribution in [-0.2, 0) is 0 Å². The summed E-state index contributed by atoms with van der Waals surface area (Å²) in [7, 11) is 0. The lowest BCUT2D eigenvalue weighted by atomic mass is 10.4. The number of thiol groups is 2. The van der Waals surface area contributed by atoms with E-state index in [2.05, 4.69) is 55.6 Å². The lowest BCUT2D eigenvalue weighted by molar-refractivity contribution is 1.36. The second kappa shape index (κ2) is 5.71. The second-order valence-corrected chi connectivity index (χ2v) is 5.58. The monoisotopic (exact) mass is 264 g/mol. The highest BCUT2D eigenvalue weighted by molar-refractivity contribution is 8.03. The Bertz CT molecular complexity index is 453. The fourth-order valence-corrected chi connectivity index (χ4v) is 2.51. The van der Waals surface area contributed by atoms with E-state index in [9.17, 15) is 0 Å². The normalized spacial score (nSPS) is 15.4. The van der Waals surface area contributed by atoms with Crippen LogP contribution in [0.4, 0.5) is 0 Å². The molecule has 3 heteroatoms. The fraction of sp³-hybridized carbons (Fsp3) is 0.0769. The molecule has 0 unspecified atom stereocenters.